The van der Waals surface area contributed by atoms with E-state index in [1.807, 2.05) is 45.3 Å². The van der Waals surface area contributed by atoms with Gasteiger partial charge in [-0.2, -0.15) is 5.10 Å². The number of aliphatic imine (C=N–C) groups is 1. The van der Waals surface area contributed by atoms with Crippen molar-refractivity contribution < 1.29 is 4.74 Å². The molecule has 0 bridgehead atoms. The predicted molar refractivity (Wildman–Crippen MR) is 117 cm³/mol. The summed E-state index contributed by atoms with van der Waals surface area (Å²) in [6.07, 6.45) is 4.85. The third kappa shape index (κ3) is 4.07. The number of aromatic nitrogens is 3. The fourth-order valence-corrected chi connectivity index (χ4v) is 3.65. The largest absolute Gasteiger partial charge is 0.374 e. The average molecular weight is 390 g/mol. The van der Waals surface area contributed by atoms with Crippen LogP contribution in [0.5, 0.6) is 0 Å². The zero-order chi connectivity index (χ0) is 20.4. The third-order valence-electron chi connectivity index (χ3n) is 5.19. The average Bonchev–Trinajstić information content (AvgIpc) is 3.28. The number of aromatic amines is 1. The molecule has 0 amide bonds. The molecule has 4 rings (SSSR count). The summed E-state index contributed by atoms with van der Waals surface area (Å²) in [4.78, 5) is 9.33. The quantitative estimate of drug-likeness (QED) is 0.595. The van der Waals surface area contributed by atoms with E-state index >= 15 is 0 Å². The Hall–Kier alpha value is -2.99. The minimum atomic E-state index is 0.200. The van der Waals surface area contributed by atoms with Crippen LogP contribution < -0.4 is 5.32 Å². The van der Waals surface area contributed by atoms with Crippen LogP contribution in [0.25, 0.3) is 11.1 Å². The number of aryl methyl sites for hydroxylation is 1. The Kier molecular flexibility index (Phi) is 5.45. The summed E-state index contributed by atoms with van der Waals surface area (Å²) < 4.78 is 5.71. The van der Waals surface area contributed by atoms with Gasteiger partial charge in [0.2, 0.25) is 0 Å². The molecule has 0 spiro atoms. The van der Waals surface area contributed by atoms with Crippen molar-refractivity contribution in [1.82, 2.24) is 15.2 Å². The number of pyridine rings is 1. The number of H-pyrrole nitrogens is 1. The van der Waals surface area contributed by atoms with Crippen molar-refractivity contribution in [3.8, 4) is 11.1 Å². The van der Waals surface area contributed by atoms with Crippen LogP contribution in [0, 0.1) is 6.92 Å². The van der Waals surface area contributed by atoms with E-state index in [2.05, 4.69) is 45.6 Å². The smallest absolute Gasteiger partial charge is 0.131 e. The Bertz CT molecular complexity index is 1040. The van der Waals surface area contributed by atoms with Crippen LogP contribution >= 0.6 is 0 Å². The Balaban J connectivity index is 1.56. The third-order valence-corrected chi connectivity index (χ3v) is 5.19. The number of ether oxygens (including phenoxy) is 1. The van der Waals surface area contributed by atoms with Crippen molar-refractivity contribution >= 4 is 17.3 Å². The van der Waals surface area contributed by atoms with Gasteiger partial charge in [0.05, 0.1) is 24.6 Å². The molecule has 1 aliphatic heterocycles. The minimum Gasteiger partial charge on any atom is -0.374 e. The Morgan fingerprint density at radius 2 is 2.07 bits per heavy atom. The first-order chi connectivity index (χ1) is 14.0. The van der Waals surface area contributed by atoms with Crippen molar-refractivity contribution in [2.24, 2.45) is 4.99 Å². The van der Waals surface area contributed by atoms with Crippen molar-refractivity contribution in [2.45, 2.75) is 52.7 Å². The topological polar surface area (TPSA) is 75.2 Å². The van der Waals surface area contributed by atoms with Crippen LogP contribution in [0.4, 0.5) is 11.5 Å². The summed E-state index contributed by atoms with van der Waals surface area (Å²) in [6, 6.07) is 10.4. The maximum atomic E-state index is 5.71. The molecule has 2 N–H and O–H groups in total. The van der Waals surface area contributed by atoms with E-state index in [-0.39, 0.29) is 12.0 Å². The monoisotopic (exact) mass is 389 g/mol. The van der Waals surface area contributed by atoms with Gasteiger partial charge < -0.3 is 10.1 Å². The van der Waals surface area contributed by atoms with E-state index in [1.165, 1.54) is 5.56 Å². The van der Waals surface area contributed by atoms with Gasteiger partial charge in [-0.1, -0.05) is 13.0 Å². The first kappa shape index (κ1) is 19.3. The van der Waals surface area contributed by atoms with Crippen LogP contribution in [0.2, 0.25) is 0 Å². The Morgan fingerprint density at radius 1 is 1.21 bits per heavy atom. The highest BCUT2D eigenvalue weighted by atomic mass is 16.5. The number of fused-ring (bicyclic) bond motifs is 1. The van der Waals surface area contributed by atoms with E-state index in [9.17, 15) is 0 Å². The van der Waals surface area contributed by atoms with Crippen molar-refractivity contribution in [1.29, 1.82) is 0 Å². The van der Waals surface area contributed by atoms with E-state index in [0.29, 0.717) is 6.61 Å². The summed E-state index contributed by atoms with van der Waals surface area (Å²) in [5.74, 6) is 1.96. The SMILES string of the molecule is CCC1C(Nc2cc(COC(C)C)ccn2)=Nc2ccc(-c3cn[nH]c3C)cc21. The molecule has 2 aromatic heterocycles. The van der Waals surface area contributed by atoms with Crippen LogP contribution in [0.1, 0.15) is 49.9 Å². The molecule has 29 heavy (non-hydrogen) atoms. The molecule has 3 heterocycles. The molecule has 150 valence electrons. The van der Waals surface area contributed by atoms with E-state index < -0.39 is 0 Å². The van der Waals surface area contributed by atoms with Gasteiger partial charge in [-0.05, 0) is 68.1 Å². The van der Waals surface area contributed by atoms with Crippen molar-refractivity contribution in [2.75, 3.05) is 5.32 Å². The molecule has 6 heteroatoms. The standard InChI is InChI=1S/C23H27N5O/c1-5-18-19-11-17(20-12-25-28-15(20)4)6-7-21(19)26-23(18)27-22-10-16(8-9-24-22)13-29-14(2)3/h6-12,14,18H,5,13H2,1-4H3,(H,25,28)(H,24,26,27). The van der Waals surface area contributed by atoms with Gasteiger partial charge in [0.25, 0.3) is 0 Å². The summed E-state index contributed by atoms with van der Waals surface area (Å²) in [5.41, 5.74) is 6.72. The highest BCUT2D eigenvalue weighted by Crippen LogP contribution is 2.40. The van der Waals surface area contributed by atoms with Gasteiger partial charge in [-0.25, -0.2) is 9.98 Å². The lowest BCUT2D eigenvalue weighted by Gasteiger charge is -2.15. The lowest BCUT2D eigenvalue weighted by Crippen LogP contribution is -2.18. The predicted octanol–water partition coefficient (Wildman–Crippen LogP) is 5.35. The van der Waals surface area contributed by atoms with Crippen LogP contribution in [-0.4, -0.2) is 27.1 Å². The number of anilines is 1. The summed E-state index contributed by atoms with van der Waals surface area (Å²) in [6.45, 7) is 8.88. The molecule has 1 aromatic carbocycles. The molecule has 6 nitrogen and oxygen atoms in total. The molecule has 1 atom stereocenters. The lowest BCUT2D eigenvalue weighted by atomic mass is 9.93. The molecular weight excluding hydrogens is 362 g/mol. The van der Waals surface area contributed by atoms with Gasteiger partial charge in [-0.3, -0.25) is 5.10 Å². The van der Waals surface area contributed by atoms with Gasteiger partial charge in [-0.15, -0.1) is 0 Å². The highest BCUT2D eigenvalue weighted by molar-refractivity contribution is 6.05. The number of nitrogens with zero attached hydrogens (tertiary/aromatic N) is 3. The van der Waals surface area contributed by atoms with Crippen molar-refractivity contribution in [3.63, 3.8) is 0 Å². The van der Waals surface area contributed by atoms with Gasteiger partial charge in [0, 0.05) is 23.4 Å². The summed E-state index contributed by atoms with van der Waals surface area (Å²) >= 11 is 0. The normalized spacial score (nSPS) is 15.5. The van der Waals surface area contributed by atoms with Crippen molar-refractivity contribution in [3.05, 3.63) is 59.5 Å². The Labute approximate surface area is 171 Å². The molecule has 0 radical (unpaired) electrons. The maximum absolute atomic E-state index is 5.71. The van der Waals surface area contributed by atoms with Gasteiger partial charge in [0.1, 0.15) is 11.7 Å². The molecule has 1 aliphatic rings. The number of rotatable bonds is 6. The summed E-state index contributed by atoms with van der Waals surface area (Å²) in [7, 11) is 0. The molecular formula is C23H27N5O. The van der Waals surface area contributed by atoms with Crippen LogP contribution in [0.15, 0.2) is 47.7 Å². The van der Waals surface area contributed by atoms with Gasteiger partial charge in [0.15, 0.2) is 0 Å². The molecule has 0 fully saturated rings. The number of nitrogens with one attached hydrogen (secondary N) is 2. The second-order valence-electron chi connectivity index (χ2n) is 7.67. The number of benzene rings is 1. The van der Waals surface area contributed by atoms with Crippen LogP contribution in [0.3, 0.4) is 0 Å². The molecule has 0 saturated carbocycles. The Morgan fingerprint density at radius 3 is 2.79 bits per heavy atom. The maximum Gasteiger partial charge on any atom is 0.131 e. The van der Waals surface area contributed by atoms with E-state index in [0.717, 1.165) is 46.1 Å². The zero-order valence-corrected chi connectivity index (χ0v) is 17.4. The number of amidine groups is 1. The molecule has 0 aliphatic carbocycles. The summed E-state index contributed by atoms with van der Waals surface area (Å²) in [5, 5.41) is 10.6. The molecule has 0 saturated heterocycles. The second kappa shape index (κ2) is 8.17. The highest BCUT2D eigenvalue weighted by Gasteiger charge is 2.27. The molecule has 3 aromatic rings. The van der Waals surface area contributed by atoms with Crippen LogP contribution in [-0.2, 0) is 11.3 Å². The second-order valence-corrected chi connectivity index (χ2v) is 7.67. The lowest BCUT2D eigenvalue weighted by molar-refractivity contribution is 0.0657. The fourth-order valence-electron chi connectivity index (χ4n) is 3.65. The first-order valence-electron chi connectivity index (χ1n) is 10.1. The number of hydrogen-bond donors (Lipinski definition) is 2. The fraction of sp³-hybridized carbons (Fsp3) is 0.348. The van der Waals surface area contributed by atoms with E-state index in [4.69, 9.17) is 9.73 Å². The van der Waals surface area contributed by atoms with E-state index in [1.54, 1.807) is 0 Å². The van der Waals surface area contributed by atoms with Gasteiger partial charge >= 0.3 is 0 Å². The first-order valence-corrected chi connectivity index (χ1v) is 10.1. The minimum absolute atomic E-state index is 0.200. The number of hydrogen-bond acceptors (Lipinski definition) is 5. The zero-order valence-electron chi connectivity index (χ0n) is 17.4. The molecule has 1 unspecified atom stereocenters.